The minimum absolute atomic E-state index is 0.121. The molecule has 92 valence electrons. The van der Waals surface area contributed by atoms with E-state index >= 15 is 0 Å². The molecule has 0 aromatic heterocycles. The molecular weight excluding hydrogens is 214 g/mol. The highest BCUT2D eigenvalue weighted by atomic mass is 16.2. The summed E-state index contributed by atoms with van der Waals surface area (Å²) < 4.78 is 0. The number of hydrogen-bond donors (Lipinski definition) is 2. The predicted molar refractivity (Wildman–Crippen MR) is 69.1 cm³/mol. The lowest BCUT2D eigenvalue weighted by Crippen LogP contribution is -2.61. The number of carbonyl (C=O) groups is 1. The van der Waals surface area contributed by atoms with E-state index in [0.29, 0.717) is 6.04 Å². The fraction of sp³-hybridized carbons (Fsp3) is 0.462. The smallest absolute Gasteiger partial charge is 0.319 e. The van der Waals surface area contributed by atoms with E-state index in [1.54, 1.807) is 0 Å². The van der Waals surface area contributed by atoms with Gasteiger partial charge in [-0.1, -0.05) is 18.2 Å². The molecule has 1 saturated heterocycles. The zero-order valence-electron chi connectivity index (χ0n) is 10.3. The molecule has 0 unspecified atom stereocenters. The minimum atomic E-state index is -0.121. The third-order valence-electron chi connectivity index (χ3n) is 3.01. The van der Waals surface area contributed by atoms with Gasteiger partial charge in [-0.15, -0.1) is 0 Å². The first-order valence-corrected chi connectivity index (χ1v) is 6.02. The van der Waals surface area contributed by atoms with Crippen LogP contribution in [0.3, 0.4) is 0 Å². The van der Waals surface area contributed by atoms with Gasteiger partial charge in [0.25, 0.3) is 0 Å². The highest BCUT2D eigenvalue weighted by molar-refractivity contribution is 5.89. The molecule has 0 atom stereocenters. The number of para-hydroxylation sites is 1. The van der Waals surface area contributed by atoms with Crippen LogP contribution in [-0.2, 0) is 0 Å². The van der Waals surface area contributed by atoms with Gasteiger partial charge < -0.3 is 10.6 Å². The monoisotopic (exact) mass is 233 g/mol. The SMILES string of the molecule is CC(C)N1CC(NC(=O)Nc2ccccc2)C1. The van der Waals surface area contributed by atoms with Gasteiger partial charge >= 0.3 is 6.03 Å². The Hall–Kier alpha value is -1.55. The van der Waals surface area contributed by atoms with E-state index in [4.69, 9.17) is 0 Å². The quantitative estimate of drug-likeness (QED) is 0.837. The number of hydrogen-bond acceptors (Lipinski definition) is 2. The molecule has 1 heterocycles. The molecular formula is C13H19N3O. The Labute approximate surface area is 102 Å². The lowest BCUT2D eigenvalue weighted by Gasteiger charge is -2.42. The standard InChI is InChI=1S/C13H19N3O/c1-10(2)16-8-12(9-16)15-13(17)14-11-6-4-3-5-7-11/h3-7,10,12H,8-9H2,1-2H3,(H2,14,15,17). The Morgan fingerprint density at radius 1 is 1.29 bits per heavy atom. The number of urea groups is 1. The molecule has 2 N–H and O–H groups in total. The number of carbonyl (C=O) groups excluding carboxylic acids is 1. The molecule has 0 radical (unpaired) electrons. The number of amides is 2. The van der Waals surface area contributed by atoms with Gasteiger partial charge in [0.1, 0.15) is 0 Å². The van der Waals surface area contributed by atoms with E-state index in [1.165, 1.54) is 0 Å². The van der Waals surface area contributed by atoms with E-state index in [0.717, 1.165) is 18.8 Å². The van der Waals surface area contributed by atoms with Crippen molar-refractivity contribution in [1.82, 2.24) is 10.2 Å². The van der Waals surface area contributed by atoms with E-state index < -0.39 is 0 Å². The molecule has 0 bridgehead atoms. The van der Waals surface area contributed by atoms with Crippen LogP contribution in [0.2, 0.25) is 0 Å². The fourth-order valence-electron chi connectivity index (χ4n) is 1.90. The summed E-state index contributed by atoms with van der Waals surface area (Å²) in [5.41, 5.74) is 0.824. The van der Waals surface area contributed by atoms with E-state index in [2.05, 4.69) is 29.4 Å². The second-order valence-corrected chi connectivity index (χ2v) is 4.71. The van der Waals surface area contributed by atoms with E-state index in [-0.39, 0.29) is 12.1 Å². The maximum atomic E-state index is 11.7. The van der Waals surface area contributed by atoms with Crippen LogP contribution >= 0.6 is 0 Å². The molecule has 2 amide bonds. The van der Waals surface area contributed by atoms with Crippen molar-refractivity contribution in [3.63, 3.8) is 0 Å². The van der Waals surface area contributed by atoms with Crippen LogP contribution in [0.1, 0.15) is 13.8 Å². The number of nitrogens with one attached hydrogen (secondary N) is 2. The number of likely N-dealkylation sites (tertiary alicyclic amines) is 1. The number of rotatable bonds is 3. The van der Waals surface area contributed by atoms with Gasteiger partial charge in [-0.3, -0.25) is 4.90 Å². The second kappa shape index (κ2) is 5.19. The van der Waals surface area contributed by atoms with Gasteiger partial charge in [-0.05, 0) is 26.0 Å². The fourth-order valence-corrected chi connectivity index (χ4v) is 1.90. The third-order valence-corrected chi connectivity index (χ3v) is 3.01. The van der Waals surface area contributed by atoms with Crippen molar-refractivity contribution in [2.24, 2.45) is 0 Å². The maximum Gasteiger partial charge on any atom is 0.319 e. The van der Waals surface area contributed by atoms with Crippen LogP contribution < -0.4 is 10.6 Å². The Morgan fingerprint density at radius 3 is 2.53 bits per heavy atom. The summed E-state index contributed by atoms with van der Waals surface area (Å²) in [4.78, 5) is 14.0. The maximum absolute atomic E-state index is 11.7. The zero-order chi connectivity index (χ0) is 12.3. The first-order chi connectivity index (χ1) is 8.15. The summed E-state index contributed by atoms with van der Waals surface area (Å²) in [5, 5.41) is 5.77. The Morgan fingerprint density at radius 2 is 1.94 bits per heavy atom. The molecule has 0 aliphatic carbocycles. The largest absolute Gasteiger partial charge is 0.333 e. The zero-order valence-corrected chi connectivity index (χ0v) is 10.3. The highest BCUT2D eigenvalue weighted by Crippen LogP contribution is 2.12. The van der Waals surface area contributed by atoms with Crippen LogP contribution in [0.25, 0.3) is 0 Å². The molecule has 1 aromatic rings. The second-order valence-electron chi connectivity index (χ2n) is 4.71. The van der Waals surface area contributed by atoms with Crippen molar-refractivity contribution in [1.29, 1.82) is 0 Å². The van der Waals surface area contributed by atoms with Gasteiger partial charge in [0.2, 0.25) is 0 Å². The Balaban J connectivity index is 1.73. The van der Waals surface area contributed by atoms with Gasteiger partial charge in [0.05, 0.1) is 6.04 Å². The Bertz CT molecular complexity index is 372. The summed E-state index contributed by atoms with van der Waals surface area (Å²) in [6.45, 7) is 6.22. The number of nitrogens with zero attached hydrogens (tertiary/aromatic N) is 1. The molecule has 1 aliphatic rings. The summed E-state index contributed by atoms with van der Waals surface area (Å²) in [5.74, 6) is 0. The molecule has 17 heavy (non-hydrogen) atoms. The molecule has 0 saturated carbocycles. The Kier molecular flexibility index (Phi) is 3.64. The normalized spacial score (nSPS) is 16.6. The highest BCUT2D eigenvalue weighted by Gasteiger charge is 2.29. The molecule has 4 heteroatoms. The van der Waals surface area contributed by atoms with Crippen molar-refractivity contribution < 1.29 is 4.79 Å². The third kappa shape index (κ3) is 3.20. The van der Waals surface area contributed by atoms with E-state index in [9.17, 15) is 4.79 Å². The van der Waals surface area contributed by atoms with Crippen LogP contribution in [0.4, 0.5) is 10.5 Å². The molecule has 1 aromatic carbocycles. The van der Waals surface area contributed by atoms with Gasteiger partial charge in [-0.2, -0.15) is 0 Å². The summed E-state index contributed by atoms with van der Waals surface area (Å²) in [7, 11) is 0. The first kappa shape index (κ1) is 11.9. The average molecular weight is 233 g/mol. The first-order valence-electron chi connectivity index (χ1n) is 6.02. The van der Waals surface area contributed by atoms with Crippen molar-refractivity contribution in [3.8, 4) is 0 Å². The number of benzene rings is 1. The topological polar surface area (TPSA) is 44.4 Å². The van der Waals surface area contributed by atoms with E-state index in [1.807, 2.05) is 30.3 Å². The van der Waals surface area contributed by atoms with Gasteiger partial charge in [0, 0.05) is 24.8 Å². The van der Waals surface area contributed by atoms with Crippen molar-refractivity contribution in [3.05, 3.63) is 30.3 Å². The van der Waals surface area contributed by atoms with Crippen molar-refractivity contribution in [2.45, 2.75) is 25.9 Å². The van der Waals surface area contributed by atoms with Gasteiger partial charge in [0.15, 0.2) is 0 Å². The summed E-state index contributed by atoms with van der Waals surface area (Å²) in [6.07, 6.45) is 0. The molecule has 0 spiro atoms. The lowest BCUT2D eigenvalue weighted by molar-refractivity contribution is 0.0975. The molecule has 4 nitrogen and oxygen atoms in total. The average Bonchev–Trinajstić information content (AvgIpc) is 2.23. The molecule has 1 fully saturated rings. The van der Waals surface area contributed by atoms with Crippen molar-refractivity contribution in [2.75, 3.05) is 18.4 Å². The lowest BCUT2D eigenvalue weighted by atomic mass is 10.1. The van der Waals surface area contributed by atoms with Crippen LogP contribution in [0.15, 0.2) is 30.3 Å². The van der Waals surface area contributed by atoms with Crippen LogP contribution in [0.5, 0.6) is 0 Å². The summed E-state index contributed by atoms with van der Waals surface area (Å²) in [6, 6.07) is 10.2. The van der Waals surface area contributed by atoms with Crippen LogP contribution in [-0.4, -0.2) is 36.1 Å². The minimum Gasteiger partial charge on any atom is -0.333 e. The predicted octanol–water partition coefficient (Wildman–Crippen LogP) is 1.90. The number of anilines is 1. The van der Waals surface area contributed by atoms with Crippen molar-refractivity contribution >= 4 is 11.7 Å². The van der Waals surface area contributed by atoms with Crippen LogP contribution in [0, 0.1) is 0 Å². The van der Waals surface area contributed by atoms with Gasteiger partial charge in [-0.25, -0.2) is 4.79 Å². The molecule has 1 aliphatic heterocycles. The molecule has 2 rings (SSSR count). The summed E-state index contributed by atoms with van der Waals surface area (Å²) >= 11 is 0.